The lowest BCUT2D eigenvalue weighted by Gasteiger charge is -2.51. The number of aliphatic hydroxyl groups is 11. The first kappa shape index (κ1) is 65.7. The Morgan fingerprint density at radius 3 is 2.01 bits per heavy atom. The van der Waals surface area contributed by atoms with Gasteiger partial charge in [0.1, 0.15) is 89.2 Å². The molecule has 0 spiro atoms. The molecular formula is C53H75N13O21. The first-order valence-electron chi connectivity index (χ1n) is 27.5. The van der Waals surface area contributed by atoms with Crippen LogP contribution in [0.4, 0.5) is 21.0 Å². The number of nitrogens with two attached hydrogens (primary N) is 5. The maximum absolute atomic E-state index is 13.8. The van der Waals surface area contributed by atoms with Crippen LogP contribution in [-0.4, -0.2) is 257 Å². The van der Waals surface area contributed by atoms with Crippen LogP contribution in [0.15, 0.2) is 75.4 Å². The molecule has 2 saturated heterocycles. The number of nitrogens with zero attached hydrogens (tertiary/aromatic N) is 3. The summed E-state index contributed by atoms with van der Waals surface area (Å²) in [6.07, 6.45) is -18.3. The molecule has 0 aromatic heterocycles. The van der Waals surface area contributed by atoms with E-state index in [0.29, 0.717) is 0 Å². The van der Waals surface area contributed by atoms with Crippen LogP contribution in [0, 0.1) is 11.8 Å². The van der Waals surface area contributed by atoms with Crippen molar-refractivity contribution in [3.63, 3.8) is 0 Å². The lowest BCUT2D eigenvalue weighted by atomic mass is 9.56. The van der Waals surface area contributed by atoms with Crippen molar-refractivity contribution in [1.82, 2.24) is 20.9 Å². The predicted molar refractivity (Wildman–Crippen MR) is 300 cm³/mol. The van der Waals surface area contributed by atoms with Gasteiger partial charge in [-0.25, -0.2) is 19.6 Å². The number of ether oxygens (including phenoxy) is 4. The standard InChI is InChI=1S/C53H75N13O21/c1-19-53(83,18-68)43(46(84-19)86-41-32(65-48(57)58)37(73)31(64-47(55)56)38(74)40(41)76)87-45-33(39(75)35(71)27(17-67)85-45)66(3)13-12-61-50(80)63-21-7-4-6-20(14-21)62-49(79)60-11-10-59-30-25-15-24-22(16-52(25,82)42(77)29(36(30)72)44(54)78)34(70)28-23(51(24,2)81)8-5-9-26(28)69/h4-9,14,16,19,24-25,27,30-33,35,37-41,43,45-46,59,67-69,71,73-77,81-83H,10-13,15,17-18H2,1-3H3,(H2,54,78)(H4,55,56,64)(H4,57,58,65)(H2,60,62,79)(H2,61,63,80)/t19-,24+,25?,27?,30?,31?,32+,33?,35+,37?,38-,39-,40?,41+,43?,45+,46+,51-,52-,53+/m1/s1. The minimum atomic E-state index is -2.52. The van der Waals surface area contributed by atoms with Crippen molar-refractivity contribution < 1.29 is 104 Å². The minimum Gasteiger partial charge on any atom is -0.508 e. The molecule has 20 atom stereocenters. The van der Waals surface area contributed by atoms with Gasteiger partial charge in [-0.05, 0) is 63.2 Å². The molecule has 2 aliphatic heterocycles. The summed E-state index contributed by atoms with van der Waals surface area (Å²) >= 11 is 0. The predicted octanol–water partition coefficient (Wildman–Crippen LogP) is -7.77. The Labute approximate surface area is 495 Å². The van der Waals surface area contributed by atoms with Crippen LogP contribution in [0.5, 0.6) is 5.75 Å². The molecule has 8 rings (SSSR count). The first-order chi connectivity index (χ1) is 40.9. The Hall–Kier alpha value is -7.23. The zero-order valence-corrected chi connectivity index (χ0v) is 47.2. The molecule has 5 amide bonds. The summed E-state index contributed by atoms with van der Waals surface area (Å²) < 4.78 is 24.1. The largest absolute Gasteiger partial charge is 0.508 e. The Kier molecular flexibility index (Phi) is 19.5. The van der Waals surface area contributed by atoms with Crippen molar-refractivity contribution in [3.8, 4) is 5.75 Å². The lowest BCUT2D eigenvalue weighted by molar-refractivity contribution is -0.327. The van der Waals surface area contributed by atoms with Crippen LogP contribution in [-0.2, 0) is 34.1 Å². The lowest BCUT2D eigenvalue weighted by Crippen LogP contribution is -2.67. The Bertz CT molecular complexity index is 3070. The number of carbonyl (C=O) groups excluding carboxylic acids is 5. The number of likely N-dealkylation sites (N-methyl/N-ethyl adjacent to an activating group) is 1. The number of aliphatic hydroxyl groups excluding tert-OH is 8. The van der Waals surface area contributed by atoms with Crippen LogP contribution in [0.1, 0.15) is 36.2 Å². The number of anilines is 2. The monoisotopic (exact) mass is 1230 g/mol. The number of guanidine groups is 2. The number of phenolic OH excluding ortho intramolecular Hbond substituents is 1. The first-order valence-corrected chi connectivity index (χ1v) is 27.5. The van der Waals surface area contributed by atoms with Gasteiger partial charge in [-0.3, -0.25) is 19.3 Å². The van der Waals surface area contributed by atoms with Crippen LogP contribution >= 0.6 is 0 Å². The van der Waals surface area contributed by atoms with Crippen molar-refractivity contribution >= 4 is 52.8 Å². The van der Waals surface area contributed by atoms with E-state index in [4.69, 9.17) is 47.6 Å². The summed E-state index contributed by atoms with van der Waals surface area (Å²) in [5.41, 5.74) is 20.3. The number of rotatable bonds is 19. The number of nitrogens with one attached hydrogen (secondary N) is 5. The summed E-state index contributed by atoms with van der Waals surface area (Å²) in [5.74, 6) is -8.11. The molecule has 1 saturated carbocycles. The number of benzene rings is 2. The summed E-state index contributed by atoms with van der Waals surface area (Å²) in [5, 5.41) is 148. The molecule has 6 aliphatic rings. The zero-order valence-electron chi connectivity index (χ0n) is 47.2. The van der Waals surface area contributed by atoms with E-state index in [2.05, 4.69) is 36.6 Å². The molecule has 2 aromatic rings. The van der Waals surface area contributed by atoms with Crippen LogP contribution in [0.25, 0.3) is 0 Å². The maximum Gasteiger partial charge on any atom is 0.319 e. The average Bonchev–Trinajstić information content (AvgIpc) is 1.22. The highest BCUT2D eigenvalue weighted by atomic mass is 16.8. The number of amides is 5. The fraction of sp³-hybridized carbons (Fsp3) is 0.566. The normalized spacial score (nSPS) is 36.3. The maximum atomic E-state index is 13.8. The molecule has 4 aliphatic carbocycles. The van der Waals surface area contributed by atoms with Gasteiger partial charge in [0, 0.05) is 55.0 Å². The number of urea groups is 2. The molecule has 27 N–H and O–H groups in total. The van der Waals surface area contributed by atoms with Crippen molar-refractivity contribution in [2.24, 2.45) is 50.5 Å². The number of primary amides is 1. The highest BCUT2D eigenvalue weighted by Gasteiger charge is 2.63. The second kappa shape index (κ2) is 25.8. The summed E-state index contributed by atoms with van der Waals surface area (Å²) in [4.78, 5) is 75.6. The third-order valence-electron chi connectivity index (χ3n) is 16.9. The molecule has 2 aromatic carbocycles. The third kappa shape index (κ3) is 12.6. The Morgan fingerprint density at radius 1 is 0.782 bits per heavy atom. The van der Waals surface area contributed by atoms with E-state index in [9.17, 15) is 85.3 Å². The van der Waals surface area contributed by atoms with Gasteiger partial charge in [0.25, 0.3) is 5.91 Å². The second-order valence-electron chi connectivity index (χ2n) is 22.4. The molecule has 0 radical (unpaired) electrons. The molecule has 87 heavy (non-hydrogen) atoms. The smallest absolute Gasteiger partial charge is 0.319 e. The van der Waals surface area contributed by atoms with Crippen molar-refractivity contribution in [2.75, 3.05) is 57.1 Å². The van der Waals surface area contributed by atoms with E-state index in [1.807, 2.05) is 0 Å². The van der Waals surface area contributed by atoms with Crippen LogP contribution in [0.3, 0.4) is 0 Å². The summed E-state index contributed by atoms with van der Waals surface area (Å²) in [7, 11) is 1.45. The van der Waals surface area contributed by atoms with Crippen LogP contribution in [0.2, 0.25) is 0 Å². The molecule has 8 unspecified atom stereocenters. The summed E-state index contributed by atoms with van der Waals surface area (Å²) in [6.45, 7) is 0.228. The molecule has 34 heteroatoms. The number of aliphatic imine (C=N–C) groups is 2. The van der Waals surface area contributed by atoms with E-state index in [0.717, 1.165) is 6.08 Å². The highest BCUT2D eigenvalue weighted by Crippen LogP contribution is 2.55. The van der Waals surface area contributed by atoms with E-state index in [-0.39, 0.29) is 60.7 Å². The Morgan fingerprint density at radius 2 is 1.40 bits per heavy atom. The fourth-order valence-corrected chi connectivity index (χ4v) is 12.3. The number of Topliss-reactive ketones (excluding diaryl/α,β-unsaturated/α-hetero) is 2. The van der Waals surface area contributed by atoms with Crippen molar-refractivity contribution in [2.45, 2.75) is 129 Å². The van der Waals surface area contributed by atoms with E-state index in [1.165, 1.54) is 68.3 Å². The van der Waals surface area contributed by atoms with Gasteiger partial charge in [-0.2, -0.15) is 0 Å². The highest BCUT2D eigenvalue weighted by molar-refractivity contribution is 6.22. The van der Waals surface area contributed by atoms with E-state index < -0.39 is 192 Å². The Balaban J connectivity index is 0.870. The number of phenols is 1. The molecule has 478 valence electrons. The number of aromatic hydroxyl groups is 1. The molecule has 0 bridgehead atoms. The van der Waals surface area contributed by atoms with Crippen molar-refractivity contribution in [3.05, 3.63) is 76.6 Å². The van der Waals surface area contributed by atoms with Crippen molar-refractivity contribution in [1.29, 1.82) is 0 Å². The van der Waals surface area contributed by atoms with E-state index in [1.54, 1.807) is 0 Å². The average molecular weight is 1230 g/mol. The zero-order chi connectivity index (χ0) is 63.9. The van der Waals surface area contributed by atoms with E-state index >= 15 is 0 Å². The molecule has 2 heterocycles. The number of ketones is 2. The number of hydrogen-bond acceptors (Lipinski definition) is 25. The van der Waals surface area contributed by atoms with Gasteiger partial charge in [0.05, 0.1) is 42.6 Å². The third-order valence-corrected chi connectivity index (χ3v) is 16.9. The number of hydrogen-bond donors (Lipinski definition) is 22. The van der Waals surface area contributed by atoms with Gasteiger partial charge in [0.15, 0.2) is 36.1 Å². The molecular weight excluding hydrogens is 1150 g/mol. The quantitative estimate of drug-likeness (QED) is 0.0269. The number of fused-ring (bicyclic) bond motifs is 3. The fourth-order valence-electron chi connectivity index (χ4n) is 12.3. The second-order valence-corrected chi connectivity index (χ2v) is 22.4. The minimum absolute atomic E-state index is 0.106. The topological polar surface area (TPSA) is 583 Å². The molecule has 3 fully saturated rings. The summed E-state index contributed by atoms with van der Waals surface area (Å²) in [6, 6.07) is 2.58. The van der Waals surface area contributed by atoms with Crippen LogP contribution < -0.4 is 55.3 Å². The SMILES string of the molecule is C[C@H]1O[C@@H](O[C@@H]2C(O)[C@H](O)C(N=C(N)N)C(O)[C@@H]2N=C(N)N)C(O[C@@H]2OC(CO)[C@H](O)[C@H](O)C2N(C)CCNC(=O)Nc2cccc(NC(=O)NCCNC3C(=O)C(C(N)=O)=C(O)[C@@]4(O)C=C5C(=O)c6c(O)cccc6[C@@](C)(O)[C@H]5CC34)c2)[C@]1(O)CO. The van der Waals surface area contributed by atoms with Gasteiger partial charge in [-0.15, -0.1) is 0 Å². The van der Waals surface area contributed by atoms with Gasteiger partial charge >= 0.3 is 12.1 Å². The van der Waals surface area contributed by atoms with Gasteiger partial charge in [-0.1, -0.05) is 18.2 Å². The molecule has 34 nitrogen and oxygen atoms in total. The number of carbonyl (C=O) groups is 5. The van der Waals surface area contributed by atoms with Gasteiger partial charge in [0.2, 0.25) is 0 Å². The van der Waals surface area contributed by atoms with Gasteiger partial charge < -0.3 is 135 Å².